The highest BCUT2D eigenvalue weighted by molar-refractivity contribution is 7.89. The van der Waals surface area contributed by atoms with Gasteiger partial charge in [0.1, 0.15) is 5.75 Å². The van der Waals surface area contributed by atoms with Crippen molar-refractivity contribution in [2.45, 2.75) is 24.2 Å². The van der Waals surface area contributed by atoms with Gasteiger partial charge in [0.2, 0.25) is 10.0 Å². The molecule has 1 fully saturated rings. The summed E-state index contributed by atoms with van der Waals surface area (Å²) in [5.41, 5.74) is 0.444. The minimum absolute atomic E-state index is 0.0424. The second-order valence-corrected chi connectivity index (χ2v) is 6.38. The summed E-state index contributed by atoms with van der Waals surface area (Å²) in [7, 11) is -2.36. The number of rotatable bonds is 6. The molecule has 20 heavy (non-hydrogen) atoms. The van der Waals surface area contributed by atoms with Gasteiger partial charge in [-0.25, -0.2) is 13.6 Å². The molecule has 1 saturated carbocycles. The zero-order valence-corrected chi connectivity index (χ0v) is 12.0. The Labute approximate surface area is 117 Å². The van der Waals surface area contributed by atoms with Crippen molar-refractivity contribution in [3.63, 3.8) is 0 Å². The molecule has 0 atom stereocenters. The predicted octanol–water partition coefficient (Wildman–Crippen LogP) is 0.838. The smallest absolute Gasteiger partial charge is 0.310 e. The van der Waals surface area contributed by atoms with Crippen LogP contribution in [-0.2, 0) is 26.0 Å². The van der Waals surface area contributed by atoms with Crippen LogP contribution in [0, 0.1) is 5.92 Å². The first-order valence-corrected chi connectivity index (χ1v) is 7.80. The Morgan fingerprint density at radius 3 is 2.65 bits per heavy atom. The maximum atomic E-state index is 11.7. The molecule has 0 spiro atoms. The van der Waals surface area contributed by atoms with Crippen LogP contribution in [0.2, 0.25) is 0 Å². The molecule has 1 aromatic carbocycles. The molecule has 2 rings (SSSR count). The van der Waals surface area contributed by atoms with Crippen LogP contribution >= 0.6 is 0 Å². The fourth-order valence-electron chi connectivity index (χ4n) is 1.77. The first kappa shape index (κ1) is 14.8. The lowest BCUT2D eigenvalue weighted by Gasteiger charge is -2.10. The van der Waals surface area contributed by atoms with Gasteiger partial charge in [0, 0.05) is 5.56 Å². The van der Waals surface area contributed by atoms with E-state index in [1.54, 1.807) is 0 Å². The van der Waals surface area contributed by atoms with Crippen molar-refractivity contribution in [1.82, 2.24) is 0 Å². The van der Waals surface area contributed by atoms with E-state index in [0.29, 0.717) is 23.8 Å². The fraction of sp³-hybridized carbons (Fsp3) is 0.462. The van der Waals surface area contributed by atoms with E-state index < -0.39 is 16.0 Å². The minimum atomic E-state index is -3.81. The van der Waals surface area contributed by atoms with E-state index in [1.165, 1.54) is 25.3 Å². The SMILES string of the molecule is COc1ccc(S(N)(=O)=O)cc1CC(=O)OCC1CC1. The normalized spacial score (nSPS) is 14.9. The largest absolute Gasteiger partial charge is 0.496 e. The minimum Gasteiger partial charge on any atom is -0.496 e. The van der Waals surface area contributed by atoms with E-state index in [4.69, 9.17) is 14.6 Å². The number of benzene rings is 1. The molecule has 6 nitrogen and oxygen atoms in total. The highest BCUT2D eigenvalue weighted by Crippen LogP contribution is 2.29. The fourth-order valence-corrected chi connectivity index (χ4v) is 2.34. The Balaban J connectivity index is 2.12. The summed E-state index contributed by atoms with van der Waals surface area (Å²) >= 11 is 0. The lowest BCUT2D eigenvalue weighted by molar-refractivity contribution is -0.143. The number of ether oxygens (including phenoxy) is 2. The maximum absolute atomic E-state index is 11.7. The van der Waals surface area contributed by atoms with Gasteiger partial charge in [-0.3, -0.25) is 4.79 Å². The van der Waals surface area contributed by atoms with Crippen LogP contribution in [0.25, 0.3) is 0 Å². The number of hydrogen-bond acceptors (Lipinski definition) is 5. The molecule has 1 aromatic rings. The molecule has 110 valence electrons. The summed E-state index contributed by atoms with van der Waals surface area (Å²) in [5, 5.41) is 5.07. The molecule has 0 radical (unpaired) electrons. The summed E-state index contributed by atoms with van der Waals surface area (Å²) in [4.78, 5) is 11.7. The first-order chi connectivity index (χ1) is 9.40. The van der Waals surface area contributed by atoms with Crippen molar-refractivity contribution in [3.8, 4) is 5.75 Å². The average Bonchev–Trinajstić information content (AvgIpc) is 3.19. The summed E-state index contributed by atoms with van der Waals surface area (Å²) in [6, 6.07) is 4.16. The monoisotopic (exact) mass is 299 g/mol. The van der Waals surface area contributed by atoms with E-state index in [1.807, 2.05) is 0 Å². The third-order valence-corrected chi connectivity index (χ3v) is 4.00. The molecule has 0 aromatic heterocycles. The van der Waals surface area contributed by atoms with Crippen molar-refractivity contribution < 1.29 is 22.7 Å². The number of esters is 1. The van der Waals surface area contributed by atoms with Crippen molar-refractivity contribution in [2.75, 3.05) is 13.7 Å². The van der Waals surface area contributed by atoms with Crippen LogP contribution in [0.4, 0.5) is 0 Å². The molecular weight excluding hydrogens is 282 g/mol. The lowest BCUT2D eigenvalue weighted by atomic mass is 10.1. The Morgan fingerprint density at radius 2 is 2.10 bits per heavy atom. The van der Waals surface area contributed by atoms with Crippen LogP contribution in [0.15, 0.2) is 23.1 Å². The first-order valence-electron chi connectivity index (χ1n) is 6.25. The third kappa shape index (κ3) is 3.94. The topological polar surface area (TPSA) is 95.7 Å². The van der Waals surface area contributed by atoms with Crippen LogP contribution in [0.5, 0.6) is 5.75 Å². The summed E-state index contributed by atoms with van der Waals surface area (Å²) in [6.07, 6.45) is 2.15. The van der Waals surface area contributed by atoms with E-state index >= 15 is 0 Å². The molecular formula is C13H17NO5S. The molecule has 0 unspecified atom stereocenters. The zero-order valence-electron chi connectivity index (χ0n) is 11.2. The Kier molecular flexibility index (Phi) is 4.29. The third-order valence-electron chi connectivity index (χ3n) is 3.09. The van der Waals surface area contributed by atoms with Gasteiger partial charge in [-0.15, -0.1) is 0 Å². The Morgan fingerprint density at radius 1 is 1.40 bits per heavy atom. The molecule has 7 heteroatoms. The van der Waals surface area contributed by atoms with Crippen molar-refractivity contribution >= 4 is 16.0 Å². The van der Waals surface area contributed by atoms with Crippen molar-refractivity contribution in [1.29, 1.82) is 0 Å². The van der Waals surface area contributed by atoms with Crippen LogP contribution in [-0.4, -0.2) is 28.1 Å². The molecule has 0 heterocycles. The molecule has 0 saturated heterocycles. The summed E-state index contributed by atoms with van der Waals surface area (Å²) < 4.78 is 32.9. The number of carbonyl (C=O) groups is 1. The van der Waals surface area contributed by atoms with Gasteiger partial charge in [-0.1, -0.05) is 0 Å². The lowest BCUT2D eigenvalue weighted by Crippen LogP contribution is -2.14. The van der Waals surface area contributed by atoms with Gasteiger partial charge in [-0.2, -0.15) is 0 Å². The quantitative estimate of drug-likeness (QED) is 0.785. The van der Waals surface area contributed by atoms with Gasteiger partial charge in [-0.05, 0) is 37.0 Å². The number of sulfonamides is 1. The molecule has 2 N–H and O–H groups in total. The number of nitrogens with two attached hydrogens (primary N) is 1. The van der Waals surface area contributed by atoms with E-state index in [9.17, 15) is 13.2 Å². The number of methoxy groups -OCH3 is 1. The van der Waals surface area contributed by atoms with Gasteiger partial charge < -0.3 is 9.47 Å². The zero-order chi connectivity index (χ0) is 14.8. The molecule has 0 aliphatic heterocycles. The molecule has 1 aliphatic rings. The number of carbonyl (C=O) groups excluding carboxylic acids is 1. The second kappa shape index (κ2) is 5.80. The van der Waals surface area contributed by atoms with Crippen molar-refractivity contribution in [2.24, 2.45) is 11.1 Å². The van der Waals surface area contributed by atoms with Crippen LogP contribution in [0.3, 0.4) is 0 Å². The molecule has 1 aliphatic carbocycles. The van der Waals surface area contributed by atoms with Gasteiger partial charge >= 0.3 is 5.97 Å². The van der Waals surface area contributed by atoms with Crippen LogP contribution in [0.1, 0.15) is 18.4 Å². The summed E-state index contributed by atoms with van der Waals surface area (Å²) in [6.45, 7) is 0.427. The van der Waals surface area contributed by atoms with Crippen molar-refractivity contribution in [3.05, 3.63) is 23.8 Å². The molecule has 0 bridgehead atoms. The van der Waals surface area contributed by atoms with E-state index in [2.05, 4.69) is 0 Å². The number of primary sulfonamides is 1. The Hall–Kier alpha value is -1.60. The van der Waals surface area contributed by atoms with E-state index in [-0.39, 0.29) is 11.3 Å². The van der Waals surface area contributed by atoms with Crippen LogP contribution < -0.4 is 9.88 Å². The number of hydrogen-bond donors (Lipinski definition) is 1. The standard InChI is InChI=1S/C13H17NO5S/c1-18-12-5-4-11(20(14,16)17)6-10(12)7-13(15)19-8-9-2-3-9/h4-6,9H,2-3,7-8H2,1H3,(H2,14,16,17). The summed E-state index contributed by atoms with van der Waals surface area (Å²) in [5.74, 6) is 0.513. The highest BCUT2D eigenvalue weighted by atomic mass is 32.2. The average molecular weight is 299 g/mol. The molecule has 0 amide bonds. The van der Waals surface area contributed by atoms with E-state index in [0.717, 1.165) is 12.8 Å². The van der Waals surface area contributed by atoms with Gasteiger partial charge in [0.15, 0.2) is 0 Å². The van der Waals surface area contributed by atoms with Gasteiger partial charge in [0.05, 0.1) is 25.0 Å². The second-order valence-electron chi connectivity index (χ2n) is 4.82. The maximum Gasteiger partial charge on any atom is 0.310 e. The highest BCUT2D eigenvalue weighted by Gasteiger charge is 2.23. The predicted molar refractivity (Wildman–Crippen MR) is 71.8 cm³/mol. The van der Waals surface area contributed by atoms with Gasteiger partial charge in [0.25, 0.3) is 0 Å². The Bertz CT molecular complexity index is 607.